The quantitative estimate of drug-likeness (QED) is 0.350. The van der Waals surface area contributed by atoms with E-state index in [1.165, 1.54) is 70.6 Å². The van der Waals surface area contributed by atoms with E-state index in [1.807, 2.05) is 0 Å². The Morgan fingerprint density at radius 2 is 1.19 bits per heavy atom. The Morgan fingerprint density at radius 1 is 0.677 bits per heavy atom. The van der Waals surface area contributed by atoms with Crippen molar-refractivity contribution in [2.45, 2.75) is 136 Å². The molecule has 0 aliphatic heterocycles. The number of halogens is 1. The number of hydrogen-bond acceptors (Lipinski definition) is 1. The van der Waals surface area contributed by atoms with E-state index >= 15 is 0 Å². The molecule has 0 radical (unpaired) electrons. The Kier molecular flexibility index (Phi) is 4.23. The van der Waals surface area contributed by atoms with E-state index in [9.17, 15) is 0 Å². The van der Waals surface area contributed by atoms with Gasteiger partial charge in [-0.1, -0.05) is 43.6 Å². The summed E-state index contributed by atoms with van der Waals surface area (Å²) >= 11 is 3.71. The van der Waals surface area contributed by atoms with Gasteiger partial charge in [-0.15, -0.1) is 0 Å². The molecule has 0 aromatic rings. The molecule has 8 aliphatic rings. The van der Waals surface area contributed by atoms with Gasteiger partial charge in [0.15, 0.2) is 0 Å². The van der Waals surface area contributed by atoms with Gasteiger partial charge in [0.05, 0.1) is 11.2 Å². The van der Waals surface area contributed by atoms with Gasteiger partial charge in [0.2, 0.25) is 0 Å². The van der Waals surface area contributed by atoms with Crippen LogP contribution in [0.1, 0.15) is 125 Å². The Morgan fingerprint density at radius 3 is 1.71 bits per heavy atom. The highest BCUT2D eigenvalue weighted by Crippen LogP contribution is 2.82. The van der Waals surface area contributed by atoms with Crippen molar-refractivity contribution in [3.63, 3.8) is 0 Å². The van der Waals surface area contributed by atoms with Crippen LogP contribution in [0.15, 0.2) is 0 Å². The zero-order valence-corrected chi connectivity index (χ0v) is 22.8. The van der Waals surface area contributed by atoms with Gasteiger partial charge in [0.1, 0.15) is 0 Å². The molecule has 0 heterocycles. The molecule has 176 valence electrons. The summed E-state index contributed by atoms with van der Waals surface area (Å²) in [4.78, 5) is 0. The Balaban J connectivity index is 1.44. The number of hydrogen-bond donors (Lipinski definition) is 0. The highest BCUT2D eigenvalue weighted by Gasteiger charge is 2.74. The SMILES string of the molecule is CC12CC3CC(C)(C1)CC(C14CC5(C)CC(C)(CC(OC(C)(C)CCBr)(C5)C1)C4)(C3)C2. The second kappa shape index (κ2) is 5.98. The lowest BCUT2D eigenvalue weighted by molar-refractivity contribution is -0.321. The predicted molar refractivity (Wildman–Crippen MR) is 132 cm³/mol. The van der Waals surface area contributed by atoms with Gasteiger partial charge in [-0.3, -0.25) is 0 Å². The smallest absolute Gasteiger partial charge is 0.0705 e. The molecular formula is C29H47BrO. The molecule has 8 bridgehead atoms. The fourth-order valence-electron chi connectivity index (χ4n) is 13.2. The molecule has 0 saturated heterocycles. The van der Waals surface area contributed by atoms with E-state index in [-0.39, 0.29) is 11.2 Å². The van der Waals surface area contributed by atoms with Gasteiger partial charge >= 0.3 is 0 Å². The molecule has 8 rings (SSSR count). The molecule has 0 aromatic carbocycles. The van der Waals surface area contributed by atoms with Crippen LogP contribution in [-0.4, -0.2) is 16.5 Å². The summed E-state index contributed by atoms with van der Waals surface area (Å²) in [5.41, 5.74) is 3.41. The van der Waals surface area contributed by atoms with Crippen LogP contribution in [0.4, 0.5) is 0 Å². The zero-order chi connectivity index (χ0) is 22.2. The molecule has 0 amide bonds. The highest BCUT2D eigenvalue weighted by atomic mass is 79.9. The minimum absolute atomic E-state index is 0.0253. The molecule has 4 unspecified atom stereocenters. The molecule has 0 spiro atoms. The topological polar surface area (TPSA) is 9.23 Å². The molecule has 4 atom stereocenters. The average Bonchev–Trinajstić information content (AvgIpc) is 2.45. The molecule has 8 aliphatic carbocycles. The maximum absolute atomic E-state index is 7.32. The summed E-state index contributed by atoms with van der Waals surface area (Å²) in [5, 5.41) is 1.04. The first-order chi connectivity index (χ1) is 14.2. The van der Waals surface area contributed by atoms with Crippen LogP contribution >= 0.6 is 15.9 Å². The van der Waals surface area contributed by atoms with Crippen molar-refractivity contribution in [2.24, 2.45) is 38.4 Å². The highest BCUT2D eigenvalue weighted by molar-refractivity contribution is 9.09. The number of ether oxygens (including phenoxy) is 1. The molecule has 0 N–H and O–H groups in total. The normalized spacial score (nSPS) is 59.5. The lowest BCUT2D eigenvalue weighted by Crippen LogP contribution is -2.71. The standard InChI is InChI=1S/C29H47BrO/c1-22(2,7-8-30)31-29-18-25(5)13-26(6,19-29)17-28(16-25,20-29)27-11-21-9-23(3,14-27)12-24(4,10-21)15-27/h21H,7-20H2,1-6H3. The summed E-state index contributed by atoms with van der Waals surface area (Å²) in [6, 6.07) is 0. The Bertz CT molecular complexity index is 761. The lowest BCUT2D eigenvalue weighted by atomic mass is 9.28. The van der Waals surface area contributed by atoms with Crippen molar-refractivity contribution in [2.75, 3.05) is 5.33 Å². The largest absolute Gasteiger partial charge is 0.369 e. The molecule has 1 nitrogen and oxygen atoms in total. The minimum Gasteiger partial charge on any atom is -0.369 e. The minimum atomic E-state index is -0.0253. The van der Waals surface area contributed by atoms with Gasteiger partial charge in [-0.2, -0.15) is 0 Å². The molecule has 31 heavy (non-hydrogen) atoms. The van der Waals surface area contributed by atoms with E-state index in [4.69, 9.17) is 4.74 Å². The first-order valence-corrected chi connectivity index (χ1v) is 14.5. The molecule has 8 saturated carbocycles. The third-order valence-corrected chi connectivity index (χ3v) is 11.9. The van der Waals surface area contributed by atoms with E-state index in [2.05, 4.69) is 57.5 Å². The van der Waals surface area contributed by atoms with Crippen LogP contribution in [0, 0.1) is 38.4 Å². The summed E-state index contributed by atoms with van der Waals surface area (Å²) in [5.74, 6) is 1.00. The van der Waals surface area contributed by atoms with Crippen LogP contribution < -0.4 is 0 Å². The van der Waals surface area contributed by atoms with Crippen molar-refractivity contribution in [3.8, 4) is 0 Å². The van der Waals surface area contributed by atoms with E-state index < -0.39 is 0 Å². The zero-order valence-electron chi connectivity index (χ0n) is 21.3. The third kappa shape index (κ3) is 3.15. The number of alkyl halides is 1. The summed E-state index contributed by atoms with van der Waals surface area (Å²) in [6.45, 7) is 15.4. The van der Waals surface area contributed by atoms with Crippen LogP contribution in [0.3, 0.4) is 0 Å². The van der Waals surface area contributed by atoms with Crippen molar-refractivity contribution < 1.29 is 4.74 Å². The first kappa shape index (κ1) is 21.9. The fraction of sp³-hybridized carbons (Fsp3) is 1.00. The van der Waals surface area contributed by atoms with Crippen molar-refractivity contribution >= 4 is 15.9 Å². The van der Waals surface area contributed by atoms with Crippen molar-refractivity contribution in [3.05, 3.63) is 0 Å². The van der Waals surface area contributed by atoms with Gasteiger partial charge < -0.3 is 4.74 Å². The van der Waals surface area contributed by atoms with Gasteiger partial charge in [0, 0.05) is 5.33 Å². The predicted octanol–water partition coefficient (Wildman–Crippen LogP) is 8.68. The van der Waals surface area contributed by atoms with Gasteiger partial charge in [0.25, 0.3) is 0 Å². The van der Waals surface area contributed by atoms with Gasteiger partial charge in [-0.05, 0) is 136 Å². The van der Waals surface area contributed by atoms with E-state index in [0.717, 1.165) is 17.7 Å². The third-order valence-electron chi connectivity index (χ3n) is 11.5. The Labute approximate surface area is 200 Å². The summed E-state index contributed by atoms with van der Waals surface area (Å²) < 4.78 is 7.32. The molecule has 8 fully saturated rings. The second-order valence-corrected chi connectivity index (χ2v) is 17.1. The summed E-state index contributed by atoms with van der Waals surface area (Å²) in [7, 11) is 0. The number of rotatable bonds is 5. The molecule has 0 aromatic heterocycles. The van der Waals surface area contributed by atoms with Crippen LogP contribution in [0.25, 0.3) is 0 Å². The maximum atomic E-state index is 7.32. The maximum Gasteiger partial charge on any atom is 0.0705 e. The second-order valence-electron chi connectivity index (χ2n) is 16.4. The van der Waals surface area contributed by atoms with Crippen molar-refractivity contribution in [1.29, 1.82) is 0 Å². The van der Waals surface area contributed by atoms with Crippen LogP contribution in [0.5, 0.6) is 0 Å². The van der Waals surface area contributed by atoms with Crippen molar-refractivity contribution in [1.82, 2.24) is 0 Å². The average molecular weight is 492 g/mol. The molecular weight excluding hydrogens is 444 g/mol. The van der Waals surface area contributed by atoms with Crippen LogP contribution in [-0.2, 0) is 4.74 Å². The van der Waals surface area contributed by atoms with E-state index in [0.29, 0.717) is 32.5 Å². The molecule has 2 heteroatoms. The lowest BCUT2D eigenvalue weighted by Gasteiger charge is -2.78. The van der Waals surface area contributed by atoms with E-state index in [1.54, 1.807) is 6.42 Å². The van der Waals surface area contributed by atoms with Crippen LogP contribution in [0.2, 0.25) is 0 Å². The fourth-order valence-corrected chi connectivity index (χ4v) is 14.1. The monoisotopic (exact) mass is 490 g/mol. The Hall–Kier alpha value is 0.440. The first-order valence-electron chi connectivity index (χ1n) is 13.4. The summed E-state index contributed by atoms with van der Waals surface area (Å²) in [6.07, 6.45) is 18.7. The van der Waals surface area contributed by atoms with Gasteiger partial charge in [-0.25, -0.2) is 0 Å².